The zero-order chi connectivity index (χ0) is 22.0. The SMILES string of the molecule is COc1ccc(CN2CCc3nnc(CNC(=O)c4cc(C)oc4C)n3CC2)cc1C. The van der Waals surface area contributed by atoms with Gasteiger partial charge in [-0.1, -0.05) is 12.1 Å². The van der Waals surface area contributed by atoms with Gasteiger partial charge in [-0.2, -0.15) is 0 Å². The molecule has 0 radical (unpaired) electrons. The van der Waals surface area contributed by atoms with Crippen LogP contribution in [-0.2, 0) is 26.1 Å². The van der Waals surface area contributed by atoms with Gasteiger partial charge < -0.3 is 19.0 Å². The molecule has 0 saturated carbocycles. The number of nitrogens with one attached hydrogen (secondary N) is 1. The Balaban J connectivity index is 1.37. The van der Waals surface area contributed by atoms with E-state index in [4.69, 9.17) is 9.15 Å². The van der Waals surface area contributed by atoms with E-state index in [1.807, 2.05) is 13.0 Å². The fourth-order valence-electron chi connectivity index (χ4n) is 4.12. The Kier molecular flexibility index (Phi) is 6.08. The van der Waals surface area contributed by atoms with Gasteiger partial charge in [0.25, 0.3) is 5.91 Å². The topological polar surface area (TPSA) is 85.4 Å². The van der Waals surface area contributed by atoms with E-state index in [1.165, 1.54) is 5.56 Å². The fourth-order valence-corrected chi connectivity index (χ4v) is 4.12. The highest BCUT2D eigenvalue weighted by atomic mass is 16.5. The van der Waals surface area contributed by atoms with Gasteiger partial charge in [-0.25, -0.2) is 0 Å². The molecule has 0 fully saturated rings. The normalized spacial score (nSPS) is 14.2. The van der Waals surface area contributed by atoms with Crippen molar-refractivity contribution in [1.29, 1.82) is 0 Å². The van der Waals surface area contributed by atoms with Crippen molar-refractivity contribution >= 4 is 5.91 Å². The number of methoxy groups -OCH3 is 1. The summed E-state index contributed by atoms with van der Waals surface area (Å²) in [5.41, 5.74) is 2.98. The van der Waals surface area contributed by atoms with Crippen LogP contribution >= 0.6 is 0 Å². The smallest absolute Gasteiger partial charge is 0.255 e. The fraction of sp³-hybridized carbons (Fsp3) is 0.435. The molecular weight excluding hydrogens is 394 g/mol. The first-order valence-corrected chi connectivity index (χ1v) is 10.6. The summed E-state index contributed by atoms with van der Waals surface area (Å²) in [5.74, 6) is 3.86. The Bertz CT molecular complexity index is 1090. The second kappa shape index (κ2) is 8.93. The van der Waals surface area contributed by atoms with Crippen LogP contribution in [0.3, 0.4) is 0 Å². The summed E-state index contributed by atoms with van der Waals surface area (Å²) in [4.78, 5) is 14.9. The minimum Gasteiger partial charge on any atom is -0.496 e. The van der Waals surface area contributed by atoms with Gasteiger partial charge in [0.05, 0.1) is 19.2 Å². The van der Waals surface area contributed by atoms with Crippen molar-refractivity contribution in [3.05, 3.63) is 64.1 Å². The number of aryl methyl sites for hydroxylation is 3. The van der Waals surface area contributed by atoms with Crippen LogP contribution in [0.25, 0.3) is 0 Å². The third-order valence-electron chi connectivity index (χ3n) is 5.75. The van der Waals surface area contributed by atoms with E-state index in [2.05, 4.69) is 44.0 Å². The average Bonchev–Trinajstić information content (AvgIpc) is 3.23. The standard InChI is InChI=1S/C23H29N5O3/c1-15-11-18(5-6-20(15)30-4)14-27-8-7-21-25-26-22(28(21)10-9-27)13-24-23(29)19-12-16(2)31-17(19)3/h5-6,11-12H,7-10,13-14H2,1-4H3,(H,24,29). The Hall–Kier alpha value is -3.13. The summed E-state index contributed by atoms with van der Waals surface area (Å²) in [6.07, 6.45) is 0.829. The molecule has 31 heavy (non-hydrogen) atoms. The molecule has 2 aromatic heterocycles. The van der Waals surface area contributed by atoms with E-state index >= 15 is 0 Å². The largest absolute Gasteiger partial charge is 0.496 e. The maximum absolute atomic E-state index is 12.5. The predicted molar refractivity (Wildman–Crippen MR) is 116 cm³/mol. The van der Waals surface area contributed by atoms with Crippen LogP contribution in [-0.4, -0.2) is 45.8 Å². The molecule has 3 heterocycles. The van der Waals surface area contributed by atoms with Gasteiger partial charge in [-0.15, -0.1) is 10.2 Å². The van der Waals surface area contributed by atoms with Gasteiger partial charge in [0, 0.05) is 32.6 Å². The molecule has 8 heteroatoms. The van der Waals surface area contributed by atoms with Crippen LogP contribution in [0.1, 0.15) is 44.7 Å². The summed E-state index contributed by atoms with van der Waals surface area (Å²) >= 11 is 0. The zero-order valence-electron chi connectivity index (χ0n) is 18.6. The number of benzene rings is 1. The van der Waals surface area contributed by atoms with Gasteiger partial charge in [0.15, 0.2) is 5.82 Å². The molecule has 8 nitrogen and oxygen atoms in total. The Morgan fingerprint density at radius 1 is 1.16 bits per heavy atom. The van der Waals surface area contributed by atoms with Crippen molar-refractivity contribution in [3.63, 3.8) is 0 Å². The van der Waals surface area contributed by atoms with Crippen LogP contribution in [0, 0.1) is 20.8 Å². The zero-order valence-corrected chi connectivity index (χ0v) is 18.6. The average molecular weight is 424 g/mol. The maximum atomic E-state index is 12.5. The highest BCUT2D eigenvalue weighted by Gasteiger charge is 2.20. The highest BCUT2D eigenvalue weighted by molar-refractivity contribution is 5.95. The lowest BCUT2D eigenvalue weighted by Crippen LogP contribution is -2.28. The van der Waals surface area contributed by atoms with E-state index in [-0.39, 0.29) is 5.91 Å². The predicted octanol–water partition coefficient (Wildman–Crippen LogP) is 2.79. The molecule has 3 aromatic rings. The van der Waals surface area contributed by atoms with Gasteiger partial charge in [-0.05, 0) is 44.0 Å². The monoisotopic (exact) mass is 423 g/mol. The molecule has 0 saturated heterocycles. The van der Waals surface area contributed by atoms with Gasteiger partial charge >= 0.3 is 0 Å². The van der Waals surface area contributed by atoms with Crippen LogP contribution in [0.5, 0.6) is 5.75 Å². The van der Waals surface area contributed by atoms with Crippen molar-refractivity contribution in [2.45, 2.75) is 46.8 Å². The van der Waals surface area contributed by atoms with Crippen LogP contribution in [0.15, 0.2) is 28.7 Å². The molecular formula is C23H29N5O3. The summed E-state index contributed by atoms with van der Waals surface area (Å²) in [6, 6.07) is 8.09. The Morgan fingerprint density at radius 3 is 2.71 bits per heavy atom. The number of hydrogen-bond acceptors (Lipinski definition) is 6. The van der Waals surface area contributed by atoms with E-state index in [0.717, 1.165) is 61.3 Å². The quantitative estimate of drug-likeness (QED) is 0.656. The summed E-state index contributed by atoms with van der Waals surface area (Å²) in [5, 5.41) is 11.6. The number of rotatable bonds is 6. The molecule has 0 bridgehead atoms. The van der Waals surface area contributed by atoms with E-state index in [0.29, 0.717) is 17.9 Å². The number of carbonyl (C=O) groups excluding carboxylic acids is 1. The molecule has 4 rings (SSSR count). The van der Waals surface area contributed by atoms with Gasteiger partial charge in [0.2, 0.25) is 0 Å². The van der Waals surface area contributed by atoms with Crippen molar-refractivity contribution in [2.75, 3.05) is 20.2 Å². The molecule has 0 unspecified atom stereocenters. The van der Waals surface area contributed by atoms with Crippen molar-refractivity contribution in [3.8, 4) is 5.75 Å². The van der Waals surface area contributed by atoms with Crippen molar-refractivity contribution in [2.24, 2.45) is 0 Å². The number of furan rings is 1. The molecule has 0 atom stereocenters. The number of ether oxygens (including phenoxy) is 1. The number of carbonyl (C=O) groups is 1. The molecule has 164 valence electrons. The molecule has 0 aliphatic carbocycles. The summed E-state index contributed by atoms with van der Waals surface area (Å²) < 4.78 is 12.9. The molecule has 1 aliphatic heterocycles. The maximum Gasteiger partial charge on any atom is 0.255 e. The number of aromatic nitrogens is 3. The number of nitrogens with zero attached hydrogens (tertiary/aromatic N) is 4. The minimum atomic E-state index is -0.156. The van der Waals surface area contributed by atoms with E-state index < -0.39 is 0 Å². The van der Waals surface area contributed by atoms with Crippen LogP contribution in [0.2, 0.25) is 0 Å². The third-order valence-corrected chi connectivity index (χ3v) is 5.75. The second-order valence-electron chi connectivity index (χ2n) is 8.02. The summed E-state index contributed by atoms with van der Waals surface area (Å²) in [6.45, 7) is 9.54. The second-order valence-corrected chi connectivity index (χ2v) is 8.02. The molecule has 1 amide bonds. The number of fused-ring (bicyclic) bond motifs is 1. The summed E-state index contributed by atoms with van der Waals surface area (Å²) in [7, 11) is 1.70. The number of amides is 1. The minimum absolute atomic E-state index is 0.156. The van der Waals surface area contributed by atoms with Crippen molar-refractivity contribution < 1.29 is 13.9 Å². The lowest BCUT2D eigenvalue weighted by atomic mass is 10.1. The first kappa shape index (κ1) is 21.1. The molecule has 1 aliphatic rings. The van der Waals surface area contributed by atoms with Gasteiger partial charge in [-0.3, -0.25) is 9.69 Å². The molecule has 1 N–H and O–H groups in total. The Morgan fingerprint density at radius 2 is 2.00 bits per heavy atom. The lowest BCUT2D eigenvalue weighted by molar-refractivity contribution is 0.0948. The molecule has 0 spiro atoms. The number of hydrogen-bond donors (Lipinski definition) is 1. The van der Waals surface area contributed by atoms with Crippen LogP contribution < -0.4 is 10.1 Å². The first-order chi connectivity index (χ1) is 14.9. The highest BCUT2D eigenvalue weighted by Crippen LogP contribution is 2.20. The molecule has 1 aromatic carbocycles. The van der Waals surface area contributed by atoms with E-state index in [9.17, 15) is 4.79 Å². The van der Waals surface area contributed by atoms with Gasteiger partial charge in [0.1, 0.15) is 23.1 Å². The van der Waals surface area contributed by atoms with E-state index in [1.54, 1.807) is 20.1 Å². The lowest BCUT2D eigenvalue weighted by Gasteiger charge is -2.20. The Labute approximate surface area is 182 Å². The first-order valence-electron chi connectivity index (χ1n) is 10.6. The van der Waals surface area contributed by atoms with Crippen molar-refractivity contribution in [1.82, 2.24) is 25.0 Å². The van der Waals surface area contributed by atoms with Crippen LogP contribution in [0.4, 0.5) is 0 Å². The third kappa shape index (κ3) is 4.64.